The molecule has 96 valence electrons. The van der Waals surface area contributed by atoms with Crippen molar-refractivity contribution >= 4 is 23.6 Å². The molecule has 2 rings (SSSR count). The molecule has 1 saturated carbocycles. The minimum Gasteiger partial charge on any atom is -0.480 e. The molecule has 2 unspecified atom stereocenters. The van der Waals surface area contributed by atoms with E-state index in [1.54, 1.807) is 25.6 Å². The Labute approximate surface area is 105 Å². The molecular weight excluding hydrogens is 240 g/mol. The molecule has 2 aliphatic rings. The van der Waals surface area contributed by atoms with Crippen LogP contribution < -0.4 is 5.73 Å². The van der Waals surface area contributed by atoms with Gasteiger partial charge in [0.25, 0.3) is 0 Å². The fourth-order valence-corrected chi connectivity index (χ4v) is 3.68. The number of thioether (sulfide) groups is 1. The van der Waals surface area contributed by atoms with Crippen LogP contribution in [0.1, 0.15) is 26.7 Å². The molecule has 0 spiro atoms. The fourth-order valence-electron chi connectivity index (χ4n) is 2.05. The summed E-state index contributed by atoms with van der Waals surface area (Å²) >= 11 is 1.57. The van der Waals surface area contributed by atoms with E-state index in [4.69, 9.17) is 5.73 Å². The molecule has 1 amide bonds. The van der Waals surface area contributed by atoms with Gasteiger partial charge in [0.1, 0.15) is 6.04 Å². The highest BCUT2D eigenvalue weighted by atomic mass is 32.2. The highest BCUT2D eigenvalue weighted by Gasteiger charge is 2.50. The molecule has 17 heavy (non-hydrogen) atoms. The van der Waals surface area contributed by atoms with Crippen molar-refractivity contribution in [2.24, 2.45) is 11.7 Å². The van der Waals surface area contributed by atoms with Crippen LogP contribution in [0.5, 0.6) is 0 Å². The Morgan fingerprint density at radius 2 is 2.00 bits per heavy atom. The first-order valence-electron chi connectivity index (χ1n) is 5.78. The van der Waals surface area contributed by atoms with E-state index >= 15 is 0 Å². The zero-order valence-corrected chi connectivity index (χ0v) is 10.9. The van der Waals surface area contributed by atoms with Gasteiger partial charge in [-0.2, -0.15) is 0 Å². The number of aliphatic carboxylic acids is 1. The summed E-state index contributed by atoms with van der Waals surface area (Å²) in [5, 5.41) is 9.18. The third-order valence-corrected chi connectivity index (χ3v) is 4.59. The summed E-state index contributed by atoms with van der Waals surface area (Å²) in [6.45, 7) is 3.25. The summed E-state index contributed by atoms with van der Waals surface area (Å²) in [5.41, 5.74) is 4.80. The predicted octanol–water partition coefficient (Wildman–Crippen LogP) is 0.488. The topological polar surface area (TPSA) is 83.6 Å². The predicted molar refractivity (Wildman–Crippen MR) is 65.5 cm³/mol. The van der Waals surface area contributed by atoms with Crippen molar-refractivity contribution in [1.29, 1.82) is 0 Å². The Morgan fingerprint density at radius 3 is 2.41 bits per heavy atom. The van der Waals surface area contributed by atoms with Gasteiger partial charge in [0.15, 0.2) is 0 Å². The number of amides is 1. The third kappa shape index (κ3) is 2.42. The van der Waals surface area contributed by atoms with Crippen LogP contribution in [0.3, 0.4) is 0 Å². The monoisotopic (exact) mass is 258 g/mol. The minimum atomic E-state index is -1.01. The number of nitrogens with two attached hydrogens (primary N) is 1. The minimum absolute atomic E-state index is 0.00595. The van der Waals surface area contributed by atoms with Gasteiger partial charge in [-0.25, -0.2) is 4.79 Å². The van der Waals surface area contributed by atoms with Crippen LogP contribution in [-0.2, 0) is 9.59 Å². The van der Waals surface area contributed by atoms with Crippen molar-refractivity contribution < 1.29 is 14.7 Å². The summed E-state index contributed by atoms with van der Waals surface area (Å²) in [6, 6.07) is -0.721. The van der Waals surface area contributed by atoms with E-state index in [1.807, 2.05) is 0 Å². The van der Waals surface area contributed by atoms with Gasteiger partial charge in [-0.05, 0) is 32.6 Å². The van der Waals surface area contributed by atoms with Crippen molar-refractivity contribution in [2.45, 2.75) is 43.6 Å². The maximum Gasteiger partial charge on any atom is 0.327 e. The number of hydrogen-bond donors (Lipinski definition) is 2. The first-order chi connectivity index (χ1) is 7.82. The lowest BCUT2D eigenvalue weighted by molar-refractivity contribution is -0.151. The van der Waals surface area contributed by atoms with E-state index in [-0.39, 0.29) is 11.3 Å². The number of carbonyl (C=O) groups excluding carboxylic acids is 1. The second-order valence-electron chi connectivity index (χ2n) is 5.35. The van der Waals surface area contributed by atoms with Gasteiger partial charge in [-0.1, -0.05) is 0 Å². The normalized spacial score (nSPS) is 29.5. The second kappa shape index (κ2) is 4.17. The van der Waals surface area contributed by atoms with Gasteiger partial charge < -0.3 is 15.7 Å². The van der Waals surface area contributed by atoms with E-state index < -0.39 is 17.6 Å². The van der Waals surface area contributed by atoms with Crippen LogP contribution >= 0.6 is 11.8 Å². The molecule has 2 atom stereocenters. The molecule has 2 fully saturated rings. The number of rotatable bonds is 3. The van der Waals surface area contributed by atoms with E-state index in [9.17, 15) is 14.7 Å². The Hall–Kier alpha value is -0.750. The highest BCUT2D eigenvalue weighted by molar-refractivity contribution is 8.00. The number of carboxylic acid groups (broad SMARTS) is 1. The molecule has 3 N–H and O–H groups in total. The van der Waals surface area contributed by atoms with Crippen molar-refractivity contribution in [3.8, 4) is 0 Å². The largest absolute Gasteiger partial charge is 0.480 e. The van der Waals surface area contributed by atoms with Crippen LogP contribution in [-0.4, -0.2) is 44.6 Å². The van der Waals surface area contributed by atoms with Crippen LogP contribution in [0.2, 0.25) is 0 Å². The summed E-state index contributed by atoms with van der Waals surface area (Å²) in [4.78, 5) is 24.9. The zero-order chi connectivity index (χ0) is 12.8. The van der Waals surface area contributed by atoms with Crippen LogP contribution in [0, 0.1) is 5.92 Å². The molecule has 0 aromatic carbocycles. The number of hydrogen-bond acceptors (Lipinski definition) is 4. The van der Waals surface area contributed by atoms with E-state index in [0.717, 1.165) is 12.8 Å². The lowest BCUT2D eigenvalue weighted by Crippen LogP contribution is -2.57. The number of nitrogens with zero attached hydrogens (tertiary/aromatic N) is 1. The lowest BCUT2D eigenvalue weighted by atomic mass is 10.0. The molecule has 6 heteroatoms. The molecule has 1 heterocycles. The Bertz CT molecular complexity index is 349. The second-order valence-corrected chi connectivity index (χ2v) is 6.50. The van der Waals surface area contributed by atoms with Crippen LogP contribution in [0.25, 0.3) is 0 Å². The molecule has 1 aliphatic carbocycles. The summed E-state index contributed by atoms with van der Waals surface area (Å²) in [6.07, 6.45) is 2.16. The lowest BCUT2D eigenvalue weighted by Gasteiger charge is -2.32. The van der Waals surface area contributed by atoms with Gasteiger partial charge in [0.05, 0.1) is 10.9 Å². The average molecular weight is 258 g/mol. The van der Waals surface area contributed by atoms with Gasteiger partial charge in [-0.3, -0.25) is 4.79 Å². The Balaban J connectivity index is 2.22. The maximum atomic E-state index is 12.2. The van der Waals surface area contributed by atoms with Crippen molar-refractivity contribution in [3.05, 3.63) is 0 Å². The zero-order valence-electron chi connectivity index (χ0n) is 10.0. The standard InChI is InChI=1S/C11H18N2O3S/c1-11(2,12)10(16)13-7(9(14)15)5-17-8(13)6-3-4-6/h6-8H,3-5,12H2,1-2H3,(H,14,15). The smallest absolute Gasteiger partial charge is 0.327 e. The van der Waals surface area contributed by atoms with Gasteiger partial charge in [0.2, 0.25) is 5.91 Å². The Kier molecular flexibility index (Phi) is 3.12. The van der Waals surface area contributed by atoms with E-state index in [1.165, 1.54) is 4.90 Å². The van der Waals surface area contributed by atoms with Crippen molar-refractivity contribution in [3.63, 3.8) is 0 Å². The summed E-state index contributed by atoms with van der Waals surface area (Å²) < 4.78 is 0. The van der Waals surface area contributed by atoms with Crippen molar-refractivity contribution in [2.75, 3.05) is 5.75 Å². The summed E-state index contributed by atoms with van der Waals surface area (Å²) in [7, 11) is 0. The molecular formula is C11H18N2O3S. The van der Waals surface area contributed by atoms with E-state index in [2.05, 4.69) is 0 Å². The molecule has 1 aliphatic heterocycles. The van der Waals surface area contributed by atoms with E-state index in [0.29, 0.717) is 11.7 Å². The molecule has 0 radical (unpaired) electrons. The molecule has 0 aromatic heterocycles. The third-order valence-electron chi connectivity index (χ3n) is 3.13. The van der Waals surface area contributed by atoms with Crippen LogP contribution in [0.4, 0.5) is 0 Å². The number of carboxylic acids is 1. The van der Waals surface area contributed by atoms with Gasteiger partial charge in [0, 0.05) is 5.75 Å². The van der Waals surface area contributed by atoms with Crippen LogP contribution in [0.15, 0.2) is 0 Å². The first kappa shape index (κ1) is 12.7. The molecule has 5 nitrogen and oxygen atoms in total. The van der Waals surface area contributed by atoms with Crippen molar-refractivity contribution in [1.82, 2.24) is 4.90 Å². The maximum absolute atomic E-state index is 12.2. The highest BCUT2D eigenvalue weighted by Crippen LogP contribution is 2.45. The van der Waals surface area contributed by atoms with Gasteiger partial charge in [-0.15, -0.1) is 11.8 Å². The SMILES string of the molecule is CC(C)(N)C(=O)N1C(C(=O)O)CSC1C1CC1. The Morgan fingerprint density at radius 1 is 1.41 bits per heavy atom. The number of carbonyl (C=O) groups is 2. The average Bonchev–Trinajstić information content (AvgIpc) is 2.94. The van der Waals surface area contributed by atoms with Gasteiger partial charge >= 0.3 is 5.97 Å². The summed E-state index contributed by atoms with van der Waals surface area (Å²) in [5.74, 6) is -0.265. The molecule has 0 aromatic rings. The quantitative estimate of drug-likeness (QED) is 0.769. The fraction of sp³-hybridized carbons (Fsp3) is 0.818. The molecule has 0 bridgehead atoms. The first-order valence-corrected chi connectivity index (χ1v) is 6.83. The molecule has 1 saturated heterocycles.